The van der Waals surface area contributed by atoms with Crippen LogP contribution in [0.5, 0.6) is 0 Å². The minimum Gasteiger partial charge on any atom is -0.322 e. The molecule has 0 atom stereocenters. The topological polar surface area (TPSA) is 46.9 Å². The lowest BCUT2D eigenvalue weighted by Gasteiger charge is -2.12. The number of hydrogen-bond acceptors (Lipinski definition) is 2. The van der Waals surface area contributed by atoms with Crippen molar-refractivity contribution >= 4 is 22.6 Å². The molecule has 1 N–H and O–H groups in total. The summed E-state index contributed by atoms with van der Waals surface area (Å²) >= 11 is 0. The number of alkyl halides is 3. The second kappa shape index (κ2) is 5.95. The van der Waals surface area contributed by atoms with Gasteiger partial charge in [-0.3, -0.25) is 4.79 Å². The number of nitrogens with zero attached hydrogens (tertiary/aromatic N) is 2. The van der Waals surface area contributed by atoms with Crippen LogP contribution in [0.4, 0.5) is 23.2 Å². The Balaban J connectivity index is 1.94. The van der Waals surface area contributed by atoms with E-state index in [1.54, 1.807) is 12.1 Å². The van der Waals surface area contributed by atoms with Gasteiger partial charge in [-0.2, -0.15) is 13.2 Å². The Hall–Kier alpha value is -2.90. The van der Waals surface area contributed by atoms with Crippen LogP contribution >= 0.6 is 0 Å². The number of nitrogens with one attached hydrogen (secondary N) is 1. The Kier molecular flexibility index (Phi) is 3.96. The first-order chi connectivity index (χ1) is 11.4. The highest BCUT2D eigenvalue weighted by molar-refractivity contribution is 5.91. The molecule has 1 aromatic heterocycles. The summed E-state index contributed by atoms with van der Waals surface area (Å²) < 4.78 is 53.8. The lowest BCUT2D eigenvalue weighted by Crippen LogP contribution is -2.23. The average molecular weight is 337 g/mol. The Morgan fingerprint density at radius 2 is 1.75 bits per heavy atom. The maximum Gasteiger partial charge on any atom is 0.449 e. The first-order valence-electron chi connectivity index (χ1n) is 6.93. The molecule has 1 amide bonds. The smallest absolute Gasteiger partial charge is 0.322 e. The molecule has 3 rings (SSSR count). The summed E-state index contributed by atoms with van der Waals surface area (Å²) in [6.45, 7) is -0.635. The molecule has 0 saturated carbocycles. The van der Waals surface area contributed by atoms with Crippen molar-refractivity contribution in [3.05, 3.63) is 60.2 Å². The molecule has 0 fully saturated rings. The predicted molar refractivity (Wildman–Crippen MR) is 79.8 cm³/mol. The second-order valence-electron chi connectivity index (χ2n) is 5.04. The van der Waals surface area contributed by atoms with Crippen molar-refractivity contribution in [2.45, 2.75) is 12.7 Å². The lowest BCUT2D eigenvalue weighted by molar-refractivity contribution is -0.147. The van der Waals surface area contributed by atoms with E-state index in [9.17, 15) is 22.4 Å². The number of imidazole rings is 1. The third kappa shape index (κ3) is 3.08. The van der Waals surface area contributed by atoms with Crippen LogP contribution in [0.1, 0.15) is 5.82 Å². The minimum absolute atomic E-state index is 0.0968. The zero-order valence-corrected chi connectivity index (χ0v) is 12.1. The summed E-state index contributed by atoms with van der Waals surface area (Å²) in [5, 5.41) is 2.26. The van der Waals surface area contributed by atoms with Gasteiger partial charge in [-0.25, -0.2) is 9.37 Å². The van der Waals surface area contributed by atoms with Gasteiger partial charge in [-0.05, 0) is 24.3 Å². The number of halogens is 4. The predicted octanol–water partition coefficient (Wildman–Crippen LogP) is 3.83. The molecule has 0 radical (unpaired) electrons. The van der Waals surface area contributed by atoms with Gasteiger partial charge in [0, 0.05) is 0 Å². The molecule has 0 spiro atoms. The summed E-state index contributed by atoms with van der Waals surface area (Å²) in [4.78, 5) is 15.6. The molecule has 124 valence electrons. The van der Waals surface area contributed by atoms with Gasteiger partial charge >= 0.3 is 6.18 Å². The lowest BCUT2D eigenvalue weighted by atomic mass is 10.3. The fourth-order valence-corrected chi connectivity index (χ4v) is 2.35. The molecule has 8 heteroatoms. The highest BCUT2D eigenvalue weighted by Gasteiger charge is 2.38. The van der Waals surface area contributed by atoms with Crippen LogP contribution in [0.25, 0.3) is 11.0 Å². The van der Waals surface area contributed by atoms with Crippen molar-refractivity contribution in [1.82, 2.24) is 9.55 Å². The summed E-state index contributed by atoms with van der Waals surface area (Å²) in [5.74, 6) is -2.63. The zero-order chi connectivity index (χ0) is 17.3. The number of aromatic nitrogens is 2. The van der Waals surface area contributed by atoms with E-state index in [1.165, 1.54) is 30.3 Å². The standard InChI is InChI=1S/C16H11F4N3O/c17-10-5-1-2-6-11(10)21-14(24)9-23-13-8-4-3-7-12(13)22-15(23)16(18,19)20/h1-8H,9H2,(H,21,24). The van der Waals surface area contributed by atoms with Crippen molar-refractivity contribution in [3.8, 4) is 0 Å². The normalized spacial score (nSPS) is 11.7. The van der Waals surface area contributed by atoms with Gasteiger partial charge in [-0.15, -0.1) is 0 Å². The summed E-state index contributed by atoms with van der Waals surface area (Å²) in [6, 6.07) is 11.4. The zero-order valence-electron chi connectivity index (χ0n) is 12.1. The SMILES string of the molecule is O=C(Cn1c(C(F)(F)F)nc2ccccc21)Nc1ccccc1F. The molecule has 2 aromatic carbocycles. The number of fused-ring (bicyclic) bond motifs is 1. The number of benzene rings is 2. The largest absolute Gasteiger partial charge is 0.449 e. The third-order valence-electron chi connectivity index (χ3n) is 3.36. The molecule has 0 bridgehead atoms. The number of para-hydroxylation sites is 3. The first-order valence-corrected chi connectivity index (χ1v) is 6.93. The molecule has 0 aliphatic rings. The van der Waals surface area contributed by atoms with Crippen LogP contribution in [-0.4, -0.2) is 15.5 Å². The maximum atomic E-state index is 13.5. The van der Waals surface area contributed by atoms with Crippen molar-refractivity contribution in [2.75, 3.05) is 5.32 Å². The van der Waals surface area contributed by atoms with Crippen LogP contribution in [0, 0.1) is 5.82 Å². The Bertz CT molecular complexity index is 902. The van der Waals surface area contributed by atoms with Gasteiger partial charge in [0.1, 0.15) is 12.4 Å². The number of carbonyl (C=O) groups excluding carboxylic acids is 1. The van der Waals surface area contributed by atoms with Crippen LogP contribution in [0.15, 0.2) is 48.5 Å². The Labute approximate surface area is 133 Å². The van der Waals surface area contributed by atoms with Gasteiger partial charge in [0.15, 0.2) is 0 Å². The molecule has 0 saturated heterocycles. The molecule has 0 aliphatic carbocycles. The highest BCUT2D eigenvalue weighted by atomic mass is 19.4. The molecule has 0 unspecified atom stereocenters. The molecule has 0 aliphatic heterocycles. The fraction of sp³-hybridized carbons (Fsp3) is 0.125. The molecule has 4 nitrogen and oxygen atoms in total. The molecule has 3 aromatic rings. The number of anilines is 1. The maximum absolute atomic E-state index is 13.5. The molecular weight excluding hydrogens is 326 g/mol. The van der Waals surface area contributed by atoms with E-state index in [2.05, 4.69) is 10.3 Å². The van der Waals surface area contributed by atoms with Crippen molar-refractivity contribution in [2.24, 2.45) is 0 Å². The van der Waals surface area contributed by atoms with E-state index in [0.717, 1.165) is 10.6 Å². The van der Waals surface area contributed by atoms with Gasteiger partial charge < -0.3 is 9.88 Å². The van der Waals surface area contributed by atoms with Gasteiger partial charge in [0.25, 0.3) is 0 Å². The van der Waals surface area contributed by atoms with E-state index in [0.29, 0.717) is 0 Å². The van der Waals surface area contributed by atoms with Crippen LogP contribution in [-0.2, 0) is 17.5 Å². The molecular formula is C16H11F4N3O. The van der Waals surface area contributed by atoms with E-state index in [-0.39, 0.29) is 16.7 Å². The van der Waals surface area contributed by atoms with Gasteiger partial charge in [-0.1, -0.05) is 24.3 Å². The minimum atomic E-state index is -4.71. The van der Waals surface area contributed by atoms with E-state index in [1.807, 2.05) is 0 Å². The molecule has 1 heterocycles. The van der Waals surface area contributed by atoms with Gasteiger partial charge in [0.05, 0.1) is 16.7 Å². The number of hydrogen-bond donors (Lipinski definition) is 1. The summed E-state index contributed by atoms with van der Waals surface area (Å²) in [5.41, 5.74) is 0.206. The molecule has 24 heavy (non-hydrogen) atoms. The van der Waals surface area contributed by atoms with Crippen molar-refractivity contribution in [1.29, 1.82) is 0 Å². The van der Waals surface area contributed by atoms with E-state index >= 15 is 0 Å². The third-order valence-corrected chi connectivity index (χ3v) is 3.36. The van der Waals surface area contributed by atoms with Crippen LogP contribution in [0.2, 0.25) is 0 Å². The average Bonchev–Trinajstić information content (AvgIpc) is 2.89. The number of amides is 1. The monoisotopic (exact) mass is 337 g/mol. The van der Waals surface area contributed by atoms with E-state index < -0.39 is 30.3 Å². The van der Waals surface area contributed by atoms with Crippen LogP contribution < -0.4 is 5.32 Å². The van der Waals surface area contributed by atoms with Crippen LogP contribution in [0.3, 0.4) is 0 Å². The Morgan fingerprint density at radius 1 is 1.08 bits per heavy atom. The summed E-state index contributed by atoms with van der Waals surface area (Å²) in [7, 11) is 0. The quantitative estimate of drug-likeness (QED) is 0.738. The van der Waals surface area contributed by atoms with Crippen molar-refractivity contribution in [3.63, 3.8) is 0 Å². The number of carbonyl (C=O) groups is 1. The second-order valence-corrected chi connectivity index (χ2v) is 5.04. The van der Waals surface area contributed by atoms with E-state index in [4.69, 9.17) is 0 Å². The first kappa shape index (κ1) is 16.0. The highest BCUT2D eigenvalue weighted by Crippen LogP contribution is 2.31. The van der Waals surface area contributed by atoms with Crippen molar-refractivity contribution < 1.29 is 22.4 Å². The fourth-order valence-electron chi connectivity index (χ4n) is 2.35. The Morgan fingerprint density at radius 3 is 2.46 bits per heavy atom. The summed E-state index contributed by atoms with van der Waals surface area (Å²) in [6.07, 6.45) is -4.71. The van der Waals surface area contributed by atoms with Gasteiger partial charge in [0.2, 0.25) is 11.7 Å². The number of rotatable bonds is 3.